The van der Waals surface area contributed by atoms with Gasteiger partial charge in [0.25, 0.3) is 0 Å². The lowest BCUT2D eigenvalue weighted by atomic mass is 9.48. The third-order valence-electron chi connectivity index (χ3n) is 6.36. The normalized spacial score (nSPS) is 40.2. The van der Waals surface area contributed by atoms with Crippen LogP contribution in [0.1, 0.15) is 57.0 Å². The van der Waals surface area contributed by atoms with Crippen LogP contribution in [0, 0.1) is 30.1 Å². The molecule has 2 N–H and O–H groups in total. The molecule has 0 spiro atoms. The molecule has 4 bridgehead atoms. The van der Waals surface area contributed by atoms with Crippen molar-refractivity contribution in [3.8, 4) is 0 Å². The Balaban J connectivity index is 1.44. The average molecular weight is 273 g/mol. The maximum absolute atomic E-state index is 4.29. The van der Waals surface area contributed by atoms with E-state index in [-0.39, 0.29) is 0 Å². The van der Waals surface area contributed by atoms with E-state index in [0.717, 1.165) is 30.1 Å². The van der Waals surface area contributed by atoms with Crippen LogP contribution in [0.5, 0.6) is 0 Å². The number of nitrogens with one attached hydrogen (secondary N) is 2. The van der Waals surface area contributed by atoms with E-state index >= 15 is 0 Å². The number of H-pyrrole nitrogens is 1. The highest BCUT2D eigenvalue weighted by Gasteiger charge is 2.52. The largest absolute Gasteiger partial charge is 0.345 e. The lowest BCUT2D eigenvalue weighted by Gasteiger charge is -2.59. The summed E-state index contributed by atoms with van der Waals surface area (Å²) in [5.74, 6) is 4.14. The third kappa shape index (κ3) is 2.11. The zero-order chi connectivity index (χ0) is 13.7. The molecule has 3 nitrogen and oxygen atoms in total. The fourth-order valence-electron chi connectivity index (χ4n) is 5.75. The van der Waals surface area contributed by atoms with Gasteiger partial charge in [-0.2, -0.15) is 0 Å². The molecular weight excluding hydrogens is 246 g/mol. The van der Waals surface area contributed by atoms with Gasteiger partial charge in [-0.05, 0) is 75.5 Å². The Labute approximate surface area is 122 Å². The summed E-state index contributed by atoms with van der Waals surface area (Å²) < 4.78 is 0. The minimum atomic E-state index is 0.601. The van der Waals surface area contributed by atoms with Gasteiger partial charge in [-0.25, -0.2) is 4.98 Å². The Morgan fingerprint density at radius 1 is 1.25 bits per heavy atom. The summed E-state index contributed by atoms with van der Waals surface area (Å²) in [5.41, 5.74) is 1.82. The molecule has 4 saturated carbocycles. The lowest BCUT2D eigenvalue weighted by Crippen LogP contribution is -2.54. The number of nitrogens with zero attached hydrogens (tertiary/aromatic N) is 1. The second-order valence-electron chi connectivity index (χ2n) is 7.88. The van der Waals surface area contributed by atoms with E-state index in [1.165, 1.54) is 44.2 Å². The maximum Gasteiger partial charge on any atom is 0.103 e. The van der Waals surface area contributed by atoms with Gasteiger partial charge in [0.1, 0.15) is 5.82 Å². The van der Waals surface area contributed by atoms with Crippen molar-refractivity contribution < 1.29 is 0 Å². The summed E-state index contributed by atoms with van der Waals surface area (Å²) in [6, 6.07) is 0.638. The summed E-state index contributed by atoms with van der Waals surface area (Å²) in [5, 5.41) is 3.80. The van der Waals surface area contributed by atoms with E-state index < -0.39 is 0 Å². The van der Waals surface area contributed by atoms with Crippen LogP contribution >= 0.6 is 0 Å². The molecule has 0 aromatic carbocycles. The molecule has 1 heterocycles. The molecule has 0 saturated heterocycles. The highest BCUT2D eigenvalue weighted by atomic mass is 15.0. The van der Waals surface area contributed by atoms with E-state index in [1.54, 1.807) is 0 Å². The molecule has 1 atom stereocenters. The van der Waals surface area contributed by atoms with Crippen LogP contribution in [-0.4, -0.2) is 16.0 Å². The van der Waals surface area contributed by atoms with Gasteiger partial charge < -0.3 is 10.3 Å². The van der Waals surface area contributed by atoms with E-state index in [1.807, 2.05) is 13.1 Å². The van der Waals surface area contributed by atoms with Crippen molar-refractivity contribution in [2.75, 3.05) is 0 Å². The van der Waals surface area contributed by atoms with Crippen molar-refractivity contribution in [2.24, 2.45) is 23.2 Å². The maximum atomic E-state index is 4.29. The molecule has 4 aliphatic rings. The van der Waals surface area contributed by atoms with Gasteiger partial charge in [0.15, 0.2) is 0 Å². The van der Waals surface area contributed by atoms with Crippen molar-refractivity contribution >= 4 is 0 Å². The molecule has 0 radical (unpaired) electrons. The fraction of sp³-hybridized carbons (Fsp3) is 0.824. The zero-order valence-electron chi connectivity index (χ0n) is 12.8. The molecule has 4 fully saturated rings. The number of aryl methyl sites for hydroxylation is 1. The van der Waals surface area contributed by atoms with E-state index in [9.17, 15) is 0 Å². The lowest BCUT2D eigenvalue weighted by molar-refractivity contribution is -0.0707. The molecule has 5 rings (SSSR count). The number of rotatable bonds is 4. The van der Waals surface area contributed by atoms with Crippen molar-refractivity contribution in [2.45, 2.75) is 65.0 Å². The van der Waals surface area contributed by atoms with E-state index in [0.29, 0.717) is 11.5 Å². The van der Waals surface area contributed by atoms with Crippen LogP contribution in [0.3, 0.4) is 0 Å². The van der Waals surface area contributed by atoms with E-state index in [2.05, 4.69) is 22.2 Å². The quantitative estimate of drug-likeness (QED) is 0.882. The van der Waals surface area contributed by atoms with Gasteiger partial charge >= 0.3 is 0 Å². The number of hydrogen-bond acceptors (Lipinski definition) is 2. The first-order valence-electron chi connectivity index (χ1n) is 8.37. The molecular formula is C17H27N3. The molecule has 0 aliphatic heterocycles. The number of imidazole rings is 1. The Morgan fingerprint density at radius 3 is 2.35 bits per heavy atom. The fourth-order valence-corrected chi connectivity index (χ4v) is 5.75. The van der Waals surface area contributed by atoms with Crippen molar-refractivity contribution in [3.63, 3.8) is 0 Å². The molecule has 110 valence electrons. The number of aromatic nitrogens is 2. The first-order valence-corrected chi connectivity index (χ1v) is 8.37. The molecule has 20 heavy (non-hydrogen) atoms. The minimum absolute atomic E-state index is 0.601. The van der Waals surface area contributed by atoms with Gasteiger partial charge in [-0.3, -0.25) is 0 Å². The number of aromatic amines is 1. The smallest absolute Gasteiger partial charge is 0.103 e. The summed E-state index contributed by atoms with van der Waals surface area (Å²) in [6.45, 7) is 5.38. The SMILES string of the molecule is Cc1ncc(CNC(C)C23CC4CC(CC(C4)C2)C3)[nH]1. The van der Waals surface area contributed by atoms with Gasteiger partial charge in [-0.1, -0.05) is 0 Å². The van der Waals surface area contributed by atoms with Gasteiger partial charge in [-0.15, -0.1) is 0 Å². The summed E-state index contributed by atoms with van der Waals surface area (Å²) in [7, 11) is 0. The Morgan fingerprint density at radius 2 is 1.85 bits per heavy atom. The van der Waals surface area contributed by atoms with Crippen LogP contribution in [0.15, 0.2) is 6.20 Å². The number of hydrogen-bond donors (Lipinski definition) is 2. The van der Waals surface area contributed by atoms with Crippen LogP contribution in [-0.2, 0) is 6.54 Å². The Hall–Kier alpha value is -0.830. The highest BCUT2D eigenvalue weighted by molar-refractivity contribution is 5.06. The van der Waals surface area contributed by atoms with Crippen molar-refractivity contribution in [1.29, 1.82) is 0 Å². The van der Waals surface area contributed by atoms with Gasteiger partial charge in [0.2, 0.25) is 0 Å². The van der Waals surface area contributed by atoms with Gasteiger partial charge in [0, 0.05) is 24.5 Å². The standard InChI is InChI=1S/C17H27N3/c1-11(18-9-16-10-19-12(2)20-16)17-6-13-3-14(7-17)5-15(4-13)8-17/h10-11,13-15,18H,3-9H2,1-2H3,(H,19,20). The summed E-state index contributed by atoms with van der Waals surface area (Å²) in [4.78, 5) is 7.62. The first-order chi connectivity index (χ1) is 9.63. The Kier molecular flexibility index (Phi) is 2.95. The van der Waals surface area contributed by atoms with Crippen LogP contribution in [0.2, 0.25) is 0 Å². The van der Waals surface area contributed by atoms with Crippen molar-refractivity contribution in [3.05, 3.63) is 17.7 Å². The van der Waals surface area contributed by atoms with Crippen LogP contribution in [0.25, 0.3) is 0 Å². The molecule has 1 unspecified atom stereocenters. The minimum Gasteiger partial charge on any atom is -0.345 e. The second-order valence-corrected chi connectivity index (χ2v) is 7.88. The molecule has 4 aliphatic carbocycles. The molecule has 3 heteroatoms. The molecule has 1 aromatic rings. The monoisotopic (exact) mass is 273 g/mol. The van der Waals surface area contributed by atoms with E-state index in [4.69, 9.17) is 0 Å². The predicted molar refractivity (Wildman–Crippen MR) is 80.2 cm³/mol. The second kappa shape index (κ2) is 4.59. The highest BCUT2D eigenvalue weighted by Crippen LogP contribution is 2.61. The summed E-state index contributed by atoms with van der Waals surface area (Å²) >= 11 is 0. The van der Waals surface area contributed by atoms with Gasteiger partial charge in [0.05, 0.1) is 0 Å². The Bertz CT molecular complexity index is 455. The zero-order valence-corrected chi connectivity index (χ0v) is 12.8. The first kappa shape index (κ1) is 12.9. The third-order valence-corrected chi connectivity index (χ3v) is 6.36. The topological polar surface area (TPSA) is 40.7 Å². The molecule has 1 aromatic heterocycles. The average Bonchev–Trinajstić information content (AvgIpc) is 2.80. The predicted octanol–water partition coefficient (Wildman–Crippen LogP) is 3.41. The summed E-state index contributed by atoms with van der Waals surface area (Å²) in [6.07, 6.45) is 11.0. The van der Waals surface area contributed by atoms with Crippen LogP contribution < -0.4 is 5.32 Å². The molecule has 0 amide bonds. The van der Waals surface area contributed by atoms with Crippen LogP contribution in [0.4, 0.5) is 0 Å². The van der Waals surface area contributed by atoms with Crippen molar-refractivity contribution in [1.82, 2.24) is 15.3 Å².